The average molecular weight is 479 g/mol. The predicted molar refractivity (Wildman–Crippen MR) is 139 cm³/mol. The summed E-state index contributed by atoms with van der Waals surface area (Å²) in [5.41, 5.74) is 2.44. The van der Waals surface area contributed by atoms with Gasteiger partial charge in [-0.15, -0.1) is 0 Å². The van der Waals surface area contributed by atoms with Crippen LogP contribution in [0.15, 0.2) is 54.1 Å². The molecule has 3 rings (SSSR count). The summed E-state index contributed by atoms with van der Waals surface area (Å²) < 4.78 is 5.96. The van der Waals surface area contributed by atoms with Crippen LogP contribution in [0.3, 0.4) is 0 Å². The highest BCUT2D eigenvalue weighted by Crippen LogP contribution is 2.40. The number of hydrogen-bond acceptors (Lipinski definition) is 5. The number of carbonyl (C=O) groups excluding carboxylic acids is 2. The van der Waals surface area contributed by atoms with Crippen molar-refractivity contribution in [3.8, 4) is 5.75 Å². The van der Waals surface area contributed by atoms with Crippen LogP contribution in [-0.2, 0) is 9.59 Å². The highest BCUT2D eigenvalue weighted by atomic mass is 16.5. The van der Waals surface area contributed by atoms with Crippen molar-refractivity contribution < 1.29 is 19.4 Å². The summed E-state index contributed by atoms with van der Waals surface area (Å²) in [6, 6.07) is 14.1. The van der Waals surface area contributed by atoms with Gasteiger partial charge in [-0.25, -0.2) is 0 Å². The topological polar surface area (TPSA) is 70.1 Å². The van der Waals surface area contributed by atoms with E-state index in [1.807, 2.05) is 43.3 Å². The number of Topliss-reactive ketones (excluding diaryl/α,β-unsaturated/α-hetero) is 1. The molecule has 0 aromatic heterocycles. The molecule has 35 heavy (non-hydrogen) atoms. The number of hydrogen-bond donors (Lipinski definition) is 1. The fraction of sp³-hybridized carbons (Fsp3) is 0.448. The molecule has 0 bridgehead atoms. The maximum Gasteiger partial charge on any atom is 0.295 e. The van der Waals surface area contributed by atoms with Crippen molar-refractivity contribution in [3.63, 3.8) is 0 Å². The second kappa shape index (κ2) is 12.0. The minimum absolute atomic E-state index is 0.123. The number of carbonyl (C=O) groups is 2. The van der Waals surface area contributed by atoms with Crippen molar-refractivity contribution in [2.45, 2.75) is 47.1 Å². The van der Waals surface area contributed by atoms with Crippen molar-refractivity contribution in [2.24, 2.45) is 5.92 Å². The molecule has 6 heteroatoms. The highest BCUT2D eigenvalue weighted by molar-refractivity contribution is 6.46. The van der Waals surface area contributed by atoms with E-state index in [0.717, 1.165) is 30.6 Å². The third-order valence-electron chi connectivity index (χ3n) is 6.55. The molecule has 1 aliphatic heterocycles. The Morgan fingerprint density at radius 2 is 1.77 bits per heavy atom. The first-order chi connectivity index (χ1) is 16.8. The van der Waals surface area contributed by atoms with Crippen molar-refractivity contribution in [1.82, 2.24) is 9.80 Å². The van der Waals surface area contributed by atoms with Gasteiger partial charge >= 0.3 is 0 Å². The van der Waals surface area contributed by atoms with Crippen LogP contribution in [0.25, 0.3) is 5.76 Å². The van der Waals surface area contributed by atoms with Gasteiger partial charge in [-0.05, 0) is 50.0 Å². The number of aliphatic hydroxyl groups excluding tert-OH is 1. The van der Waals surface area contributed by atoms with E-state index in [9.17, 15) is 14.7 Å². The summed E-state index contributed by atoms with van der Waals surface area (Å²) in [5, 5.41) is 11.2. The Kier molecular flexibility index (Phi) is 9.10. The summed E-state index contributed by atoms with van der Waals surface area (Å²) in [6.45, 7) is 13.7. The lowest BCUT2D eigenvalue weighted by Crippen LogP contribution is -2.38. The minimum Gasteiger partial charge on any atom is -0.507 e. The van der Waals surface area contributed by atoms with Crippen molar-refractivity contribution in [3.05, 3.63) is 70.8 Å². The summed E-state index contributed by atoms with van der Waals surface area (Å²) in [4.78, 5) is 30.2. The zero-order valence-electron chi connectivity index (χ0n) is 21.6. The van der Waals surface area contributed by atoms with E-state index in [1.165, 1.54) is 0 Å². The molecule has 2 aromatic carbocycles. The van der Waals surface area contributed by atoms with Crippen LogP contribution in [0.4, 0.5) is 0 Å². The number of ketones is 1. The zero-order valence-corrected chi connectivity index (χ0v) is 21.6. The maximum atomic E-state index is 13.2. The van der Waals surface area contributed by atoms with E-state index in [0.29, 0.717) is 36.9 Å². The van der Waals surface area contributed by atoms with Gasteiger partial charge in [0.05, 0.1) is 18.2 Å². The molecule has 0 aliphatic carbocycles. The van der Waals surface area contributed by atoms with Gasteiger partial charge in [-0.1, -0.05) is 69.7 Å². The number of likely N-dealkylation sites (N-methyl/N-ethyl adjacent to an activating group) is 1. The number of aryl methyl sites for hydroxylation is 1. The summed E-state index contributed by atoms with van der Waals surface area (Å²) in [5.74, 6) is -0.168. The first-order valence-corrected chi connectivity index (χ1v) is 12.6. The third kappa shape index (κ3) is 6.31. The fourth-order valence-electron chi connectivity index (χ4n) is 4.30. The number of amides is 1. The molecule has 1 fully saturated rings. The molecular weight excluding hydrogens is 440 g/mol. The first-order valence-electron chi connectivity index (χ1n) is 12.6. The largest absolute Gasteiger partial charge is 0.507 e. The Labute approximate surface area is 209 Å². The molecule has 0 saturated carbocycles. The highest BCUT2D eigenvalue weighted by Gasteiger charge is 2.46. The molecule has 188 valence electrons. The smallest absolute Gasteiger partial charge is 0.295 e. The summed E-state index contributed by atoms with van der Waals surface area (Å²) in [6.07, 6.45) is 0.931. The SMILES string of the molecule is CCN(CC)CCN1C(=O)C(=O)/C(=C(/O)c2ccc(C)cc2)C1c1cccc(OCCC(C)C)c1. The van der Waals surface area contributed by atoms with E-state index in [4.69, 9.17) is 4.74 Å². The number of rotatable bonds is 11. The quantitative estimate of drug-likeness (QED) is 0.274. The molecular formula is C29H38N2O4. The van der Waals surface area contributed by atoms with Crippen molar-refractivity contribution in [2.75, 3.05) is 32.8 Å². The lowest BCUT2D eigenvalue weighted by Gasteiger charge is -2.28. The Balaban J connectivity index is 2.04. The van der Waals surface area contributed by atoms with Gasteiger partial charge in [0.1, 0.15) is 11.5 Å². The molecule has 1 aliphatic rings. The van der Waals surface area contributed by atoms with Crippen molar-refractivity contribution >= 4 is 17.4 Å². The Morgan fingerprint density at radius 3 is 2.40 bits per heavy atom. The van der Waals surface area contributed by atoms with Gasteiger partial charge in [0.15, 0.2) is 0 Å². The van der Waals surface area contributed by atoms with E-state index >= 15 is 0 Å². The molecule has 0 spiro atoms. The van der Waals surface area contributed by atoms with E-state index in [2.05, 4.69) is 32.6 Å². The first kappa shape index (κ1) is 26.5. The van der Waals surface area contributed by atoms with Crippen LogP contribution in [0.2, 0.25) is 0 Å². The van der Waals surface area contributed by atoms with Gasteiger partial charge in [0, 0.05) is 18.7 Å². The van der Waals surface area contributed by atoms with Crippen molar-refractivity contribution in [1.29, 1.82) is 0 Å². The van der Waals surface area contributed by atoms with E-state index < -0.39 is 17.7 Å². The third-order valence-corrected chi connectivity index (χ3v) is 6.55. The predicted octanol–water partition coefficient (Wildman–Crippen LogP) is 5.18. The second-order valence-corrected chi connectivity index (χ2v) is 9.49. The number of likely N-dealkylation sites (tertiary alicyclic amines) is 1. The standard InChI is InChI=1S/C29H38N2O4/c1-6-30(7-2)16-17-31-26(23-9-8-10-24(19-23)35-18-15-20(3)4)25(28(33)29(31)34)27(32)22-13-11-21(5)12-14-22/h8-14,19-20,26,32H,6-7,15-18H2,1-5H3/b27-25+. The summed E-state index contributed by atoms with van der Waals surface area (Å²) in [7, 11) is 0. The monoisotopic (exact) mass is 478 g/mol. The molecule has 1 N–H and O–H groups in total. The summed E-state index contributed by atoms with van der Waals surface area (Å²) >= 11 is 0. The Hall–Kier alpha value is -3.12. The zero-order chi connectivity index (χ0) is 25.5. The molecule has 1 unspecified atom stereocenters. The van der Waals surface area contributed by atoms with Crippen LogP contribution >= 0.6 is 0 Å². The van der Waals surface area contributed by atoms with E-state index in [1.54, 1.807) is 17.0 Å². The number of aliphatic hydroxyl groups is 1. The van der Waals surface area contributed by atoms with Crippen LogP contribution in [0, 0.1) is 12.8 Å². The number of ether oxygens (including phenoxy) is 1. The van der Waals surface area contributed by atoms with Gasteiger partial charge in [0.25, 0.3) is 11.7 Å². The molecule has 1 amide bonds. The van der Waals surface area contributed by atoms with Gasteiger partial charge in [-0.2, -0.15) is 0 Å². The lowest BCUT2D eigenvalue weighted by molar-refractivity contribution is -0.140. The van der Waals surface area contributed by atoms with Gasteiger partial charge in [0.2, 0.25) is 0 Å². The molecule has 2 aromatic rings. The van der Waals surface area contributed by atoms with Crippen LogP contribution in [0.5, 0.6) is 5.75 Å². The van der Waals surface area contributed by atoms with E-state index in [-0.39, 0.29) is 11.3 Å². The molecule has 1 heterocycles. The number of nitrogens with zero attached hydrogens (tertiary/aromatic N) is 2. The average Bonchev–Trinajstić information content (AvgIpc) is 3.09. The maximum absolute atomic E-state index is 13.2. The molecule has 6 nitrogen and oxygen atoms in total. The Morgan fingerprint density at radius 1 is 1.09 bits per heavy atom. The normalized spacial score (nSPS) is 17.6. The lowest BCUT2D eigenvalue weighted by atomic mass is 9.95. The van der Waals surface area contributed by atoms with Crippen LogP contribution in [-0.4, -0.2) is 59.4 Å². The second-order valence-electron chi connectivity index (χ2n) is 9.49. The number of benzene rings is 2. The molecule has 0 radical (unpaired) electrons. The minimum atomic E-state index is -0.680. The van der Waals surface area contributed by atoms with Crippen LogP contribution in [0.1, 0.15) is 56.8 Å². The fourth-order valence-corrected chi connectivity index (χ4v) is 4.30. The molecule has 1 saturated heterocycles. The Bertz CT molecular complexity index is 1050. The van der Waals surface area contributed by atoms with Crippen LogP contribution < -0.4 is 4.74 Å². The van der Waals surface area contributed by atoms with Gasteiger partial charge in [-0.3, -0.25) is 9.59 Å². The van der Waals surface area contributed by atoms with Gasteiger partial charge < -0.3 is 19.6 Å². The molecule has 1 atom stereocenters.